The number of ether oxygens (including phenoxy) is 2. The van der Waals surface area contributed by atoms with Crippen LogP contribution in [0.15, 0.2) is 36.5 Å². The molecular weight excluding hydrogens is 302 g/mol. The highest BCUT2D eigenvalue weighted by molar-refractivity contribution is 6.17. The SMILES string of the molecule is COc1ccc(-c2nc3ncccc3[nH]2)c(OCCCCl)c1. The van der Waals surface area contributed by atoms with Crippen molar-refractivity contribution in [3.05, 3.63) is 36.5 Å². The number of hydrogen-bond acceptors (Lipinski definition) is 4. The number of nitrogens with zero attached hydrogens (tertiary/aromatic N) is 2. The first kappa shape index (κ1) is 14.7. The Morgan fingerprint density at radius 3 is 2.95 bits per heavy atom. The van der Waals surface area contributed by atoms with E-state index < -0.39 is 0 Å². The molecule has 0 saturated heterocycles. The number of H-pyrrole nitrogens is 1. The third-order valence-corrected chi connectivity index (χ3v) is 3.50. The van der Waals surface area contributed by atoms with Crippen LogP contribution >= 0.6 is 11.6 Å². The van der Waals surface area contributed by atoms with Crippen molar-refractivity contribution >= 4 is 22.8 Å². The van der Waals surface area contributed by atoms with Crippen molar-refractivity contribution in [2.24, 2.45) is 0 Å². The molecule has 1 aromatic carbocycles. The van der Waals surface area contributed by atoms with Crippen molar-refractivity contribution in [1.29, 1.82) is 0 Å². The fourth-order valence-electron chi connectivity index (χ4n) is 2.15. The number of imidazole rings is 1. The maximum Gasteiger partial charge on any atom is 0.178 e. The van der Waals surface area contributed by atoms with Crippen molar-refractivity contribution in [1.82, 2.24) is 15.0 Å². The molecule has 0 bridgehead atoms. The lowest BCUT2D eigenvalue weighted by atomic mass is 10.2. The first-order valence-electron chi connectivity index (χ1n) is 6.99. The molecule has 0 atom stereocenters. The summed E-state index contributed by atoms with van der Waals surface area (Å²) in [7, 11) is 1.63. The van der Waals surface area contributed by atoms with Crippen LogP contribution in [-0.2, 0) is 0 Å². The maximum atomic E-state index is 5.83. The highest BCUT2D eigenvalue weighted by atomic mass is 35.5. The van der Waals surface area contributed by atoms with E-state index in [9.17, 15) is 0 Å². The predicted molar refractivity (Wildman–Crippen MR) is 86.7 cm³/mol. The number of rotatable bonds is 6. The highest BCUT2D eigenvalue weighted by Gasteiger charge is 2.12. The zero-order chi connectivity index (χ0) is 15.4. The summed E-state index contributed by atoms with van der Waals surface area (Å²) in [6, 6.07) is 9.47. The van der Waals surface area contributed by atoms with Gasteiger partial charge in [0.15, 0.2) is 5.65 Å². The molecule has 0 saturated carbocycles. The molecule has 0 spiro atoms. The van der Waals surface area contributed by atoms with E-state index in [1.165, 1.54) is 0 Å². The molecule has 0 unspecified atom stereocenters. The van der Waals surface area contributed by atoms with Gasteiger partial charge < -0.3 is 14.5 Å². The van der Waals surface area contributed by atoms with Gasteiger partial charge in [-0.2, -0.15) is 0 Å². The molecule has 22 heavy (non-hydrogen) atoms. The second-order valence-corrected chi connectivity index (χ2v) is 5.09. The van der Waals surface area contributed by atoms with Gasteiger partial charge in [-0.3, -0.25) is 0 Å². The number of halogens is 1. The Balaban J connectivity index is 2.00. The number of aromatic amines is 1. The Morgan fingerprint density at radius 1 is 1.27 bits per heavy atom. The molecule has 0 aliphatic carbocycles. The lowest BCUT2D eigenvalue weighted by molar-refractivity contribution is 0.316. The van der Waals surface area contributed by atoms with E-state index in [0.29, 0.717) is 23.9 Å². The summed E-state index contributed by atoms with van der Waals surface area (Å²) in [6.45, 7) is 0.544. The van der Waals surface area contributed by atoms with Crippen LogP contribution in [0.25, 0.3) is 22.6 Å². The standard InChI is InChI=1S/C16H16ClN3O2/c1-21-11-5-6-12(14(10-11)22-9-3-7-17)15-19-13-4-2-8-18-16(13)20-15/h2,4-6,8,10H,3,7,9H2,1H3,(H,18,19,20). The molecule has 114 valence electrons. The average molecular weight is 318 g/mol. The summed E-state index contributed by atoms with van der Waals surface area (Å²) < 4.78 is 11.1. The minimum atomic E-state index is 0.544. The Kier molecular flexibility index (Phi) is 4.44. The number of nitrogens with one attached hydrogen (secondary N) is 1. The van der Waals surface area contributed by atoms with Gasteiger partial charge in [0.2, 0.25) is 0 Å². The third-order valence-electron chi connectivity index (χ3n) is 3.24. The first-order valence-corrected chi connectivity index (χ1v) is 7.53. The summed E-state index contributed by atoms with van der Waals surface area (Å²) in [5.41, 5.74) is 2.44. The zero-order valence-corrected chi connectivity index (χ0v) is 12.9. The van der Waals surface area contributed by atoms with Crippen LogP contribution in [0, 0.1) is 0 Å². The monoisotopic (exact) mass is 317 g/mol. The van der Waals surface area contributed by atoms with E-state index in [4.69, 9.17) is 21.1 Å². The van der Waals surface area contributed by atoms with E-state index in [1.54, 1.807) is 13.3 Å². The zero-order valence-electron chi connectivity index (χ0n) is 12.2. The number of methoxy groups -OCH3 is 1. The molecule has 5 nitrogen and oxygen atoms in total. The smallest absolute Gasteiger partial charge is 0.178 e. The van der Waals surface area contributed by atoms with Crippen LogP contribution < -0.4 is 9.47 Å². The van der Waals surface area contributed by atoms with Crippen LogP contribution in [-0.4, -0.2) is 34.5 Å². The van der Waals surface area contributed by atoms with Gasteiger partial charge in [-0.05, 0) is 30.7 Å². The van der Waals surface area contributed by atoms with Crippen molar-refractivity contribution in [3.63, 3.8) is 0 Å². The van der Waals surface area contributed by atoms with Crippen LogP contribution in [0.5, 0.6) is 11.5 Å². The Morgan fingerprint density at radius 2 is 2.18 bits per heavy atom. The van der Waals surface area contributed by atoms with Crippen molar-refractivity contribution < 1.29 is 9.47 Å². The number of hydrogen-bond donors (Lipinski definition) is 1. The Bertz CT molecular complexity index is 740. The van der Waals surface area contributed by atoms with E-state index in [0.717, 1.165) is 29.1 Å². The first-order chi connectivity index (χ1) is 10.8. The molecule has 3 aromatic rings. The van der Waals surface area contributed by atoms with Gasteiger partial charge in [0.1, 0.15) is 17.3 Å². The minimum absolute atomic E-state index is 0.544. The molecule has 6 heteroatoms. The van der Waals surface area contributed by atoms with Crippen molar-refractivity contribution in [2.45, 2.75) is 6.42 Å². The van der Waals surface area contributed by atoms with Crippen LogP contribution in [0.2, 0.25) is 0 Å². The fraction of sp³-hybridized carbons (Fsp3) is 0.250. The maximum absolute atomic E-state index is 5.83. The summed E-state index contributed by atoms with van der Waals surface area (Å²) in [5.74, 6) is 2.73. The van der Waals surface area contributed by atoms with Gasteiger partial charge in [-0.25, -0.2) is 9.97 Å². The number of aromatic nitrogens is 3. The summed E-state index contributed by atoms with van der Waals surface area (Å²) in [6.07, 6.45) is 2.50. The van der Waals surface area contributed by atoms with Gasteiger partial charge in [0.05, 0.1) is 24.8 Å². The van der Waals surface area contributed by atoms with E-state index in [1.807, 2.05) is 30.3 Å². The van der Waals surface area contributed by atoms with Crippen LogP contribution in [0.3, 0.4) is 0 Å². The number of alkyl halides is 1. The van der Waals surface area contributed by atoms with Crippen molar-refractivity contribution in [2.75, 3.05) is 19.6 Å². The second kappa shape index (κ2) is 6.66. The summed E-state index contributed by atoms with van der Waals surface area (Å²) in [4.78, 5) is 12.0. The van der Waals surface area contributed by atoms with Gasteiger partial charge in [-0.15, -0.1) is 11.6 Å². The molecule has 3 rings (SSSR count). The average Bonchev–Trinajstić information content (AvgIpc) is 2.98. The van der Waals surface area contributed by atoms with Crippen molar-refractivity contribution in [3.8, 4) is 22.9 Å². The van der Waals surface area contributed by atoms with Crippen LogP contribution in [0.1, 0.15) is 6.42 Å². The molecular formula is C16H16ClN3O2. The highest BCUT2D eigenvalue weighted by Crippen LogP contribution is 2.32. The van der Waals surface area contributed by atoms with Gasteiger partial charge in [-0.1, -0.05) is 0 Å². The number of pyridine rings is 1. The lowest BCUT2D eigenvalue weighted by Crippen LogP contribution is -2.00. The summed E-state index contributed by atoms with van der Waals surface area (Å²) >= 11 is 5.71. The largest absolute Gasteiger partial charge is 0.497 e. The molecule has 0 radical (unpaired) electrons. The van der Waals surface area contributed by atoms with E-state index in [2.05, 4.69) is 15.0 Å². The van der Waals surface area contributed by atoms with E-state index >= 15 is 0 Å². The fourth-order valence-corrected chi connectivity index (χ4v) is 2.26. The number of benzene rings is 1. The molecule has 1 N–H and O–H groups in total. The Labute approximate surface area is 133 Å². The normalized spacial score (nSPS) is 10.8. The Hall–Kier alpha value is -2.27. The predicted octanol–water partition coefficient (Wildman–Crippen LogP) is 3.64. The van der Waals surface area contributed by atoms with Gasteiger partial charge in [0, 0.05) is 18.1 Å². The molecule has 0 fully saturated rings. The second-order valence-electron chi connectivity index (χ2n) is 4.71. The molecule has 0 aliphatic rings. The summed E-state index contributed by atoms with van der Waals surface area (Å²) in [5, 5.41) is 0. The molecule has 2 heterocycles. The molecule has 0 aliphatic heterocycles. The molecule has 0 amide bonds. The number of fused-ring (bicyclic) bond motifs is 1. The van der Waals surface area contributed by atoms with E-state index in [-0.39, 0.29) is 0 Å². The third kappa shape index (κ3) is 2.99. The topological polar surface area (TPSA) is 60.0 Å². The van der Waals surface area contributed by atoms with Gasteiger partial charge in [0.25, 0.3) is 0 Å². The van der Waals surface area contributed by atoms with Gasteiger partial charge >= 0.3 is 0 Å². The molecule has 2 aromatic heterocycles. The minimum Gasteiger partial charge on any atom is -0.497 e. The lowest BCUT2D eigenvalue weighted by Gasteiger charge is -2.11. The van der Waals surface area contributed by atoms with Crippen LogP contribution in [0.4, 0.5) is 0 Å². The quantitative estimate of drug-likeness (QED) is 0.557.